The second kappa shape index (κ2) is 5.18. The molecule has 0 amide bonds. The van der Waals surface area contributed by atoms with E-state index in [0.29, 0.717) is 12.5 Å². The first-order valence-corrected chi connectivity index (χ1v) is 8.08. The quantitative estimate of drug-likeness (QED) is 0.842. The van der Waals surface area contributed by atoms with Gasteiger partial charge in [-0.2, -0.15) is 0 Å². The molecule has 0 bridgehead atoms. The van der Waals surface area contributed by atoms with Crippen molar-refractivity contribution in [2.45, 2.75) is 31.6 Å². The first-order valence-electron chi connectivity index (χ1n) is 6.60. The van der Waals surface area contributed by atoms with Gasteiger partial charge in [0.1, 0.15) is 0 Å². The first kappa shape index (κ1) is 15.0. The third kappa shape index (κ3) is 3.02. The number of rotatable bonds is 6. The standard InChI is InChI=1S/C14H19NO4S/c1-10(2)14(6-7-14)9-15-20(18,19)12-5-3-4-11(8-12)13(16)17/h3-5,8,10,15H,6-7,9H2,1-2H3,(H,16,17). The first-order chi connectivity index (χ1) is 9.27. The van der Waals surface area contributed by atoms with E-state index in [9.17, 15) is 13.2 Å². The summed E-state index contributed by atoms with van der Waals surface area (Å²) in [7, 11) is -3.66. The molecule has 1 aliphatic rings. The van der Waals surface area contributed by atoms with Crippen LogP contribution in [0.4, 0.5) is 0 Å². The predicted octanol–water partition coefficient (Wildman–Crippen LogP) is 2.10. The molecule has 0 saturated heterocycles. The Bertz CT molecular complexity index is 618. The number of hydrogen-bond donors (Lipinski definition) is 2. The summed E-state index contributed by atoms with van der Waals surface area (Å²) >= 11 is 0. The molecule has 110 valence electrons. The molecule has 0 aromatic heterocycles. The molecule has 2 rings (SSSR count). The summed E-state index contributed by atoms with van der Waals surface area (Å²) in [6.45, 7) is 4.59. The Morgan fingerprint density at radius 2 is 2.05 bits per heavy atom. The molecule has 5 nitrogen and oxygen atoms in total. The third-order valence-corrected chi connectivity index (χ3v) is 5.52. The minimum atomic E-state index is -3.66. The average Bonchev–Trinajstić information content (AvgIpc) is 3.18. The van der Waals surface area contributed by atoms with Gasteiger partial charge in [0.05, 0.1) is 10.5 Å². The van der Waals surface area contributed by atoms with E-state index in [1.165, 1.54) is 24.3 Å². The van der Waals surface area contributed by atoms with Crippen molar-refractivity contribution in [1.29, 1.82) is 0 Å². The van der Waals surface area contributed by atoms with E-state index in [1.807, 2.05) is 0 Å². The Balaban J connectivity index is 2.15. The number of hydrogen-bond acceptors (Lipinski definition) is 3. The maximum atomic E-state index is 12.2. The molecular formula is C14H19NO4S. The summed E-state index contributed by atoms with van der Waals surface area (Å²) in [5.74, 6) is -0.710. The van der Waals surface area contributed by atoms with Crippen LogP contribution in [0.15, 0.2) is 29.2 Å². The Hall–Kier alpha value is -1.40. The predicted molar refractivity (Wildman–Crippen MR) is 75.1 cm³/mol. The van der Waals surface area contributed by atoms with Crippen LogP contribution in [0.3, 0.4) is 0 Å². The number of carbonyl (C=O) groups is 1. The summed E-state index contributed by atoms with van der Waals surface area (Å²) in [6.07, 6.45) is 2.06. The third-order valence-electron chi connectivity index (χ3n) is 4.12. The second-order valence-corrected chi connectivity index (χ2v) is 7.44. The lowest BCUT2D eigenvalue weighted by atomic mass is 9.93. The van der Waals surface area contributed by atoms with Crippen molar-refractivity contribution >= 4 is 16.0 Å². The normalized spacial score (nSPS) is 17.1. The van der Waals surface area contributed by atoms with Crippen LogP contribution >= 0.6 is 0 Å². The highest BCUT2D eigenvalue weighted by Gasteiger charge is 2.45. The summed E-state index contributed by atoms with van der Waals surface area (Å²) in [4.78, 5) is 10.9. The summed E-state index contributed by atoms with van der Waals surface area (Å²) in [5.41, 5.74) is 0.0372. The zero-order chi connectivity index (χ0) is 15.0. The van der Waals surface area contributed by atoms with Crippen LogP contribution in [-0.4, -0.2) is 26.0 Å². The fourth-order valence-electron chi connectivity index (χ4n) is 2.24. The number of aromatic carboxylic acids is 1. The monoisotopic (exact) mass is 297 g/mol. The van der Waals surface area contributed by atoms with E-state index in [4.69, 9.17) is 5.11 Å². The lowest BCUT2D eigenvalue weighted by Crippen LogP contribution is -2.32. The van der Waals surface area contributed by atoms with Crippen LogP contribution < -0.4 is 4.72 Å². The van der Waals surface area contributed by atoms with Gasteiger partial charge >= 0.3 is 5.97 Å². The van der Waals surface area contributed by atoms with Gasteiger partial charge in [-0.3, -0.25) is 0 Å². The molecule has 1 aromatic carbocycles. The van der Waals surface area contributed by atoms with Gasteiger partial charge in [-0.25, -0.2) is 17.9 Å². The van der Waals surface area contributed by atoms with Crippen molar-refractivity contribution in [3.8, 4) is 0 Å². The van der Waals surface area contributed by atoms with E-state index in [0.717, 1.165) is 12.8 Å². The van der Waals surface area contributed by atoms with Crippen molar-refractivity contribution in [2.24, 2.45) is 11.3 Å². The Kier molecular flexibility index (Phi) is 3.88. The van der Waals surface area contributed by atoms with Crippen LogP contribution in [0.2, 0.25) is 0 Å². The summed E-state index contributed by atoms with van der Waals surface area (Å²) in [5, 5.41) is 8.90. The number of carboxylic acid groups (broad SMARTS) is 1. The van der Waals surface area contributed by atoms with Gasteiger partial charge in [0.15, 0.2) is 0 Å². The van der Waals surface area contributed by atoms with E-state index in [2.05, 4.69) is 18.6 Å². The molecule has 1 aliphatic carbocycles. The molecule has 0 atom stereocenters. The molecule has 1 aromatic rings. The molecule has 1 fully saturated rings. The van der Waals surface area contributed by atoms with Crippen molar-refractivity contribution in [1.82, 2.24) is 4.72 Å². The molecule has 0 radical (unpaired) electrons. The van der Waals surface area contributed by atoms with Gasteiger partial charge in [-0.1, -0.05) is 19.9 Å². The van der Waals surface area contributed by atoms with Gasteiger partial charge in [0.25, 0.3) is 0 Å². The van der Waals surface area contributed by atoms with Crippen molar-refractivity contribution < 1.29 is 18.3 Å². The van der Waals surface area contributed by atoms with Crippen LogP contribution in [0.1, 0.15) is 37.0 Å². The zero-order valence-corrected chi connectivity index (χ0v) is 12.4. The lowest BCUT2D eigenvalue weighted by molar-refractivity contribution is 0.0696. The number of carboxylic acids is 1. The highest BCUT2D eigenvalue weighted by molar-refractivity contribution is 7.89. The van der Waals surface area contributed by atoms with Crippen molar-refractivity contribution in [3.05, 3.63) is 29.8 Å². The number of benzene rings is 1. The number of sulfonamides is 1. The zero-order valence-electron chi connectivity index (χ0n) is 11.6. The van der Waals surface area contributed by atoms with Crippen LogP contribution in [-0.2, 0) is 10.0 Å². The van der Waals surface area contributed by atoms with Gasteiger partial charge in [-0.05, 0) is 42.4 Å². The molecule has 0 spiro atoms. The average molecular weight is 297 g/mol. The molecule has 0 aliphatic heterocycles. The van der Waals surface area contributed by atoms with E-state index >= 15 is 0 Å². The Morgan fingerprint density at radius 3 is 2.55 bits per heavy atom. The highest BCUT2D eigenvalue weighted by Crippen LogP contribution is 2.51. The molecule has 0 unspecified atom stereocenters. The molecule has 6 heteroatoms. The van der Waals surface area contributed by atoms with Gasteiger partial charge in [0.2, 0.25) is 10.0 Å². The maximum Gasteiger partial charge on any atom is 0.335 e. The van der Waals surface area contributed by atoms with Crippen LogP contribution in [0.25, 0.3) is 0 Å². The minimum Gasteiger partial charge on any atom is -0.478 e. The summed E-state index contributed by atoms with van der Waals surface area (Å²) in [6, 6.07) is 5.40. The van der Waals surface area contributed by atoms with Crippen molar-refractivity contribution in [3.63, 3.8) is 0 Å². The molecule has 2 N–H and O–H groups in total. The fraction of sp³-hybridized carbons (Fsp3) is 0.500. The fourth-order valence-corrected chi connectivity index (χ4v) is 3.42. The van der Waals surface area contributed by atoms with E-state index in [-0.39, 0.29) is 15.9 Å². The van der Waals surface area contributed by atoms with E-state index in [1.54, 1.807) is 0 Å². The Labute approximate surface area is 119 Å². The largest absolute Gasteiger partial charge is 0.478 e. The second-order valence-electron chi connectivity index (χ2n) is 5.67. The van der Waals surface area contributed by atoms with Crippen LogP contribution in [0, 0.1) is 11.3 Å². The van der Waals surface area contributed by atoms with Gasteiger partial charge in [-0.15, -0.1) is 0 Å². The molecule has 0 heterocycles. The van der Waals surface area contributed by atoms with Crippen LogP contribution in [0.5, 0.6) is 0 Å². The molecule has 1 saturated carbocycles. The van der Waals surface area contributed by atoms with Crippen molar-refractivity contribution in [2.75, 3.05) is 6.54 Å². The summed E-state index contributed by atoms with van der Waals surface area (Å²) < 4.78 is 27.0. The minimum absolute atomic E-state index is 0.00282. The molecule has 20 heavy (non-hydrogen) atoms. The van der Waals surface area contributed by atoms with Gasteiger partial charge in [0, 0.05) is 6.54 Å². The maximum absolute atomic E-state index is 12.2. The highest BCUT2D eigenvalue weighted by atomic mass is 32.2. The van der Waals surface area contributed by atoms with E-state index < -0.39 is 16.0 Å². The molecular weight excluding hydrogens is 278 g/mol. The number of nitrogens with one attached hydrogen (secondary N) is 1. The SMILES string of the molecule is CC(C)C1(CNS(=O)(=O)c2cccc(C(=O)O)c2)CC1. The Morgan fingerprint density at radius 1 is 1.40 bits per heavy atom. The smallest absolute Gasteiger partial charge is 0.335 e. The lowest BCUT2D eigenvalue weighted by Gasteiger charge is -2.20. The van der Waals surface area contributed by atoms with Gasteiger partial charge < -0.3 is 5.11 Å². The topological polar surface area (TPSA) is 83.5 Å².